The molecule has 0 aliphatic carbocycles. The van der Waals surface area contributed by atoms with Crippen molar-refractivity contribution >= 4 is 28.2 Å². The smallest absolute Gasteiger partial charge is 0.272 e. The van der Waals surface area contributed by atoms with E-state index in [1.807, 2.05) is 30.3 Å². The van der Waals surface area contributed by atoms with Crippen LogP contribution in [0.2, 0.25) is 0 Å². The zero-order chi connectivity index (χ0) is 13.2. The second-order valence-corrected chi connectivity index (χ2v) is 4.22. The van der Waals surface area contributed by atoms with Gasteiger partial charge in [0, 0.05) is 17.3 Å². The number of hydrogen-bond acceptors (Lipinski definition) is 3. The Morgan fingerprint density at radius 3 is 2.89 bits per heavy atom. The summed E-state index contributed by atoms with van der Waals surface area (Å²) in [6.45, 7) is 0. The van der Waals surface area contributed by atoms with Gasteiger partial charge in [-0.1, -0.05) is 18.2 Å². The van der Waals surface area contributed by atoms with Crippen LogP contribution in [0.4, 0.5) is 11.4 Å². The normalized spacial score (nSPS) is 10.5. The Morgan fingerprint density at radius 2 is 2.11 bits per heavy atom. The topological polar surface area (TPSA) is 83.8 Å². The zero-order valence-corrected chi connectivity index (χ0v) is 10.1. The molecule has 4 N–H and O–H groups in total. The number of nitrogen functional groups attached to an aromatic ring is 1. The number of pyridine rings is 1. The number of nitrogens with zero attached hydrogens (tertiary/aromatic N) is 1. The lowest BCUT2D eigenvalue weighted by molar-refractivity contribution is 0.102. The summed E-state index contributed by atoms with van der Waals surface area (Å²) < 4.78 is 0. The van der Waals surface area contributed by atoms with Gasteiger partial charge in [0.25, 0.3) is 5.91 Å². The van der Waals surface area contributed by atoms with Gasteiger partial charge in [-0.3, -0.25) is 9.78 Å². The van der Waals surface area contributed by atoms with E-state index in [1.165, 1.54) is 0 Å². The summed E-state index contributed by atoms with van der Waals surface area (Å²) in [4.78, 5) is 19.0. The molecular weight excluding hydrogens is 240 g/mol. The standard InChI is InChI=1S/C14H12N4O/c15-10-6-13(16-7-10)14(19)18-11-5-9-3-1-2-4-12(9)17-8-11/h1-8,16H,15H2,(H,18,19). The third kappa shape index (κ3) is 2.26. The van der Waals surface area contributed by atoms with Crippen LogP contribution >= 0.6 is 0 Å². The van der Waals surface area contributed by atoms with Gasteiger partial charge in [-0.25, -0.2) is 0 Å². The van der Waals surface area contributed by atoms with Crippen molar-refractivity contribution in [1.29, 1.82) is 0 Å². The number of nitrogens with two attached hydrogens (primary N) is 1. The molecule has 0 aliphatic heterocycles. The van der Waals surface area contributed by atoms with Gasteiger partial charge in [-0.2, -0.15) is 0 Å². The molecule has 0 bridgehead atoms. The van der Waals surface area contributed by atoms with Crippen molar-refractivity contribution in [2.45, 2.75) is 0 Å². The number of H-pyrrole nitrogens is 1. The summed E-state index contributed by atoms with van der Waals surface area (Å²) >= 11 is 0. The number of benzene rings is 1. The Bertz CT molecular complexity index is 748. The molecular formula is C14H12N4O. The molecule has 1 aromatic carbocycles. The van der Waals surface area contributed by atoms with Crippen molar-refractivity contribution in [2.75, 3.05) is 11.1 Å². The largest absolute Gasteiger partial charge is 0.397 e. The molecule has 19 heavy (non-hydrogen) atoms. The van der Waals surface area contributed by atoms with E-state index < -0.39 is 0 Å². The van der Waals surface area contributed by atoms with E-state index >= 15 is 0 Å². The van der Waals surface area contributed by atoms with Crippen LogP contribution in [0.15, 0.2) is 48.8 Å². The number of aromatic nitrogens is 2. The molecule has 0 fully saturated rings. The van der Waals surface area contributed by atoms with Crippen LogP contribution in [0.1, 0.15) is 10.5 Å². The first-order valence-corrected chi connectivity index (χ1v) is 5.82. The van der Waals surface area contributed by atoms with Crippen molar-refractivity contribution in [3.63, 3.8) is 0 Å². The van der Waals surface area contributed by atoms with Crippen LogP contribution in [-0.4, -0.2) is 15.9 Å². The first-order chi connectivity index (χ1) is 9.22. The summed E-state index contributed by atoms with van der Waals surface area (Å²) in [6, 6.07) is 11.2. The number of para-hydroxylation sites is 1. The number of carbonyl (C=O) groups excluding carboxylic acids is 1. The van der Waals surface area contributed by atoms with E-state index in [9.17, 15) is 4.79 Å². The Kier molecular flexibility index (Phi) is 2.64. The van der Waals surface area contributed by atoms with Crippen LogP contribution < -0.4 is 11.1 Å². The third-order valence-corrected chi connectivity index (χ3v) is 2.80. The molecule has 5 heteroatoms. The predicted molar refractivity (Wildman–Crippen MR) is 74.9 cm³/mol. The monoisotopic (exact) mass is 252 g/mol. The first kappa shape index (κ1) is 11.3. The third-order valence-electron chi connectivity index (χ3n) is 2.80. The van der Waals surface area contributed by atoms with Gasteiger partial charge in [0.05, 0.1) is 17.4 Å². The number of amides is 1. The number of fused-ring (bicyclic) bond motifs is 1. The van der Waals surface area contributed by atoms with Gasteiger partial charge < -0.3 is 16.0 Å². The molecule has 2 heterocycles. The summed E-state index contributed by atoms with van der Waals surface area (Å²) in [5.74, 6) is -0.242. The average molecular weight is 252 g/mol. The highest BCUT2D eigenvalue weighted by atomic mass is 16.1. The van der Waals surface area contributed by atoms with E-state index in [4.69, 9.17) is 5.73 Å². The fourth-order valence-corrected chi connectivity index (χ4v) is 1.88. The number of aromatic amines is 1. The maximum absolute atomic E-state index is 11.9. The molecule has 1 amide bonds. The SMILES string of the molecule is Nc1c[nH]c(C(=O)Nc2cnc3ccccc3c2)c1. The van der Waals surface area contributed by atoms with Crippen LogP contribution in [-0.2, 0) is 0 Å². The lowest BCUT2D eigenvalue weighted by atomic mass is 10.2. The minimum Gasteiger partial charge on any atom is -0.397 e. The molecule has 3 rings (SSSR count). The number of carbonyl (C=O) groups is 1. The molecule has 0 saturated heterocycles. The fourth-order valence-electron chi connectivity index (χ4n) is 1.88. The van der Waals surface area contributed by atoms with E-state index in [0.717, 1.165) is 10.9 Å². The van der Waals surface area contributed by atoms with Crippen molar-refractivity contribution in [3.8, 4) is 0 Å². The van der Waals surface area contributed by atoms with Crippen molar-refractivity contribution < 1.29 is 4.79 Å². The van der Waals surface area contributed by atoms with E-state index in [1.54, 1.807) is 18.5 Å². The predicted octanol–water partition coefficient (Wildman–Crippen LogP) is 2.40. The van der Waals surface area contributed by atoms with Crippen LogP contribution in [0, 0.1) is 0 Å². The average Bonchev–Trinajstić information content (AvgIpc) is 2.85. The highest BCUT2D eigenvalue weighted by molar-refractivity contribution is 6.04. The molecule has 0 aliphatic rings. The van der Waals surface area contributed by atoms with E-state index in [-0.39, 0.29) is 5.91 Å². The Hall–Kier alpha value is -2.82. The molecule has 0 spiro atoms. The summed E-state index contributed by atoms with van der Waals surface area (Å²) in [7, 11) is 0. The molecule has 0 atom stereocenters. The summed E-state index contributed by atoms with van der Waals surface area (Å²) in [5, 5.41) is 3.75. The fraction of sp³-hybridized carbons (Fsp3) is 0. The van der Waals surface area contributed by atoms with E-state index in [2.05, 4.69) is 15.3 Å². The lowest BCUT2D eigenvalue weighted by Crippen LogP contribution is -2.12. The lowest BCUT2D eigenvalue weighted by Gasteiger charge is -2.04. The van der Waals surface area contributed by atoms with E-state index in [0.29, 0.717) is 17.1 Å². The minimum atomic E-state index is -0.242. The van der Waals surface area contributed by atoms with Crippen molar-refractivity contribution in [2.24, 2.45) is 0 Å². The van der Waals surface area contributed by atoms with Crippen LogP contribution in [0.3, 0.4) is 0 Å². The van der Waals surface area contributed by atoms with Gasteiger partial charge in [0.15, 0.2) is 0 Å². The van der Waals surface area contributed by atoms with Gasteiger partial charge in [0.1, 0.15) is 5.69 Å². The molecule has 3 aromatic rings. The molecule has 0 unspecified atom stereocenters. The van der Waals surface area contributed by atoms with Crippen molar-refractivity contribution in [1.82, 2.24) is 9.97 Å². The molecule has 0 saturated carbocycles. The molecule has 5 nitrogen and oxygen atoms in total. The van der Waals surface area contributed by atoms with Gasteiger partial charge in [-0.05, 0) is 18.2 Å². The second-order valence-electron chi connectivity index (χ2n) is 4.22. The Balaban J connectivity index is 1.87. The van der Waals surface area contributed by atoms with Gasteiger partial charge in [0.2, 0.25) is 0 Å². The summed E-state index contributed by atoms with van der Waals surface area (Å²) in [6.07, 6.45) is 3.21. The van der Waals surface area contributed by atoms with Crippen molar-refractivity contribution in [3.05, 3.63) is 54.5 Å². The number of hydrogen-bond donors (Lipinski definition) is 3. The Labute approximate surface area is 109 Å². The number of nitrogens with one attached hydrogen (secondary N) is 2. The first-order valence-electron chi connectivity index (χ1n) is 5.82. The van der Waals surface area contributed by atoms with Gasteiger partial charge in [-0.15, -0.1) is 0 Å². The summed E-state index contributed by atoms with van der Waals surface area (Å²) in [5.41, 5.74) is 8.05. The maximum Gasteiger partial charge on any atom is 0.272 e. The molecule has 2 aromatic heterocycles. The highest BCUT2D eigenvalue weighted by Crippen LogP contribution is 2.17. The Morgan fingerprint density at radius 1 is 1.26 bits per heavy atom. The molecule has 94 valence electrons. The second kappa shape index (κ2) is 4.45. The molecule has 0 radical (unpaired) electrons. The quantitative estimate of drug-likeness (QED) is 0.654. The maximum atomic E-state index is 11.9. The number of rotatable bonds is 2. The minimum absolute atomic E-state index is 0.242. The zero-order valence-electron chi connectivity index (χ0n) is 10.1. The highest BCUT2D eigenvalue weighted by Gasteiger charge is 2.08. The van der Waals surface area contributed by atoms with Gasteiger partial charge >= 0.3 is 0 Å². The van der Waals surface area contributed by atoms with Crippen LogP contribution in [0.25, 0.3) is 10.9 Å². The number of anilines is 2. The van der Waals surface area contributed by atoms with Crippen LogP contribution in [0.5, 0.6) is 0 Å².